The number of fused-ring (bicyclic) bond motifs is 1. The molecule has 0 spiro atoms. The van der Waals surface area contributed by atoms with Crippen molar-refractivity contribution in [3.05, 3.63) is 59.2 Å². The average molecular weight is 438 g/mol. The minimum absolute atomic E-state index is 0.0233. The largest absolute Gasteiger partial charge is 0.459 e. The molecule has 1 aliphatic rings. The molecule has 32 heavy (non-hydrogen) atoms. The predicted molar refractivity (Wildman–Crippen MR) is 125 cm³/mol. The molecule has 2 aromatic heterocycles. The molecule has 2 heterocycles. The van der Waals surface area contributed by atoms with E-state index in [1.807, 2.05) is 26.1 Å². The summed E-state index contributed by atoms with van der Waals surface area (Å²) in [6.07, 6.45) is 8.42. The molecule has 1 unspecified atom stereocenters. The van der Waals surface area contributed by atoms with E-state index >= 15 is 0 Å². The minimum atomic E-state index is -0.259. The van der Waals surface area contributed by atoms with Crippen LogP contribution in [0.3, 0.4) is 0 Å². The number of pyridine rings is 1. The van der Waals surface area contributed by atoms with Crippen LogP contribution in [-0.4, -0.2) is 29.4 Å². The van der Waals surface area contributed by atoms with Crippen molar-refractivity contribution in [1.82, 2.24) is 9.88 Å². The molecule has 4 rings (SSSR count). The van der Waals surface area contributed by atoms with E-state index in [0.717, 1.165) is 36.0 Å². The summed E-state index contributed by atoms with van der Waals surface area (Å²) in [5.41, 5.74) is 2.25. The summed E-state index contributed by atoms with van der Waals surface area (Å²) in [7, 11) is 1.81. The Bertz CT molecular complexity index is 1070. The van der Waals surface area contributed by atoms with Gasteiger partial charge >= 0.3 is 0 Å². The first-order valence-corrected chi connectivity index (χ1v) is 11.6. The third-order valence-corrected chi connectivity index (χ3v) is 6.56. The van der Waals surface area contributed by atoms with Crippen molar-refractivity contribution in [3.63, 3.8) is 0 Å². The number of carbonyl (C=O) groups is 1. The van der Waals surface area contributed by atoms with Crippen LogP contribution in [0.4, 0.5) is 10.2 Å². The summed E-state index contributed by atoms with van der Waals surface area (Å²) in [6.45, 7) is 4.76. The van der Waals surface area contributed by atoms with Gasteiger partial charge in [-0.2, -0.15) is 0 Å². The summed E-state index contributed by atoms with van der Waals surface area (Å²) in [4.78, 5) is 18.8. The lowest BCUT2D eigenvalue weighted by Crippen LogP contribution is -2.27. The number of hydrogen-bond donors (Lipinski definition) is 1. The van der Waals surface area contributed by atoms with Crippen LogP contribution < -0.4 is 5.32 Å². The number of anilines is 1. The Kier molecular flexibility index (Phi) is 6.77. The van der Waals surface area contributed by atoms with E-state index in [1.54, 1.807) is 23.2 Å². The number of carbonyl (C=O) groups excluding carboxylic acids is 1. The van der Waals surface area contributed by atoms with Gasteiger partial charge in [0, 0.05) is 30.7 Å². The van der Waals surface area contributed by atoms with E-state index < -0.39 is 0 Å². The molecule has 1 N–H and O–H groups in total. The van der Waals surface area contributed by atoms with Gasteiger partial charge < -0.3 is 14.6 Å². The molecule has 170 valence electrons. The first kappa shape index (κ1) is 22.3. The standard InChI is InChI=1S/C26H32FN3O2/c1-4-14-30(3)26(31)19-10-13-23(28-16-19)29-24(18-8-6-5-7-9-18)25-17(2)21-15-20(27)11-12-22(21)32-25/h10-13,15-16,18,24H,4-9,14H2,1-3H3,(H,28,29). The van der Waals surface area contributed by atoms with Crippen molar-refractivity contribution in [3.8, 4) is 0 Å². The van der Waals surface area contributed by atoms with Crippen molar-refractivity contribution < 1.29 is 13.6 Å². The molecule has 6 heteroatoms. The maximum absolute atomic E-state index is 13.8. The van der Waals surface area contributed by atoms with Crippen molar-refractivity contribution in [2.75, 3.05) is 18.9 Å². The smallest absolute Gasteiger partial charge is 0.255 e. The van der Waals surface area contributed by atoms with E-state index in [1.165, 1.54) is 25.3 Å². The highest BCUT2D eigenvalue weighted by Crippen LogP contribution is 2.40. The highest BCUT2D eigenvalue weighted by atomic mass is 19.1. The molecule has 1 aliphatic carbocycles. The predicted octanol–water partition coefficient (Wildman–Crippen LogP) is 6.49. The number of benzene rings is 1. The van der Waals surface area contributed by atoms with E-state index in [-0.39, 0.29) is 17.8 Å². The fraction of sp³-hybridized carbons (Fsp3) is 0.462. The van der Waals surface area contributed by atoms with Gasteiger partial charge in [0.25, 0.3) is 5.91 Å². The number of aromatic nitrogens is 1. The Hall–Kier alpha value is -2.89. The molecule has 1 fully saturated rings. The van der Waals surface area contributed by atoms with Gasteiger partial charge in [0.15, 0.2) is 0 Å². The van der Waals surface area contributed by atoms with Gasteiger partial charge in [-0.15, -0.1) is 0 Å². The number of halogens is 1. The Balaban J connectivity index is 1.62. The first-order chi connectivity index (χ1) is 15.5. The fourth-order valence-electron chi connectivity index (χ4n) is 4.80. The van der Waals surface area contributed by atoms with Crippen LogP contribution in [0, 0.1) is 18.7 Å². The normalized spacial score (nSPS) is 15.6. The van der Waals surface area contributed by atoms with Crippen molar-refractivity contribution >= 4 is 22.7 Å². The van der Waals surface area contributed by atoms with E-state index in [4.69, 9.17) is 4.42 Å². The highest BCUT2D eigenvalue weighted by molar-refractivity contribution is 5.93. The Labute approximate surface area is 189 Å². The summed E-state index contributed by atoms with van der Waals surface area (Å²) in [5.74, 6) is 1.69. The molecule has 0 saturated heterocycles. The summed E-state index contributed by atoms with van der Waals surface area (Å²) in [5, 5.41) is 4.39. The van der Waals surface area contributed by atoms with Gasteiger partial charge in [-0.3, -0.25) is 4.79 Å². The number of nitrogens with zero attached hydrogens (tertiary/aromatic N) is 2. The quantitative estimate of drug-likeness (QED) is 0.459. The van der Waals surface area contributed by atoms with E-state index in [2.05, 4.69) is 17.2 Å². The molecular formula is C26H32FN3O2. The van der Waals surface area contributed by atoms with Crippen LogP contribution in [-0.2, 0) is 0 Å². The zero-order chi connectivity index (χ0) is 22.7. The number of rotatable bonds is 7. The van der Waals surface area contributed by atoms with Gasteiger partial charge in [0.2, 0.25) is 0 Å². The Morgan fingerprint density at radius 3 is 2.72 bits per heavy atom. The summed E-state index contributed by atoms with van der Waals surface area (Å²) in [6, 6.07) is 8.31. The Morgan fingerprint density at radius 1 is 1.25 bits per heavy atom. The maximum Gasteiger partial charge on any atom is 0.255 e. The van der Waals surface area contributed by atoms with Crippen LogP contribution in [0.15, 0.2) is 40.9 Å². The molecule has 1 saturated carbocycles. The van der Waals surface area contributed by atoms with Gasteiger partial charge in [0.05, 0.1) is 11.6 Å². The van der Waals surface area contributed by atoms with Crippen LogP contribution in [0.1, 0.15) is 73.2 Å². The van der Waals surface area contributed by atoms with Gasteiger partial charge in [-0.1, -0.05) is 26.2 Å². The van der Waals surface area contributed by atoms with Crippen molar-refractivity contribution in [2.24, 2.45) is 5.92 Å². The van der Waals surface area contributed by atoms with Crippen LogP contribution in [0.5, 0.6) is 0 Å². The molecule has 0 aliphatic heterocycles. The second-order valence-electron chi connectivity index (χ2n) is 8.91. The van der Waals surface area contributed by atoms with Crippen molar-refractivity contribution in [1.29, 1.82) is 0 Å². The van der Waals surface area contributed by atoms with Crippen LogP contribution >= 0.6 is 0 Å². The topological polar surface area (TPSA) is 58.4 Å². The fourth-order valence-corrected chi connectivity index (χ4v) is 4.80. The average Bonchev–Trinajstić information content (AvgIpc) is 3.13. The minimum Gasteiger partial charge on any atom is -0.459 e. The zero-order valence-electron chi connectivity index (χ0n) is 19.2. The molecule has 1 atom stereocenters. The van der Waals surface area contributed by atoms with Gasteiger partial charge in [0.1, 0.15) is 23.0 Å². The lowest BCUT2D eigenvalue weighted by molar-refractivity contribution is 0.0794. The number of nitrogens with one attached hydrogen (secondary N) is 1. The second kappa shape index (κ2) is 9.72. The lowest BCUT2D eigenvalue weighted by Gasteiger charge is -2.30. The first-order valence-electron chi connectivity index (χ1n) is 11.6. The monoisotopic (exact) mass is 437 g/mol. The van der Waals surface area contributed by atoms with Crippen LogP contribution in [0.25, 0.3) is 11.0 Å². The molecule has 1 aromatic carbocycles. The van der Waals surface area contributed by atoms with Crippen LogP contribution in [0.2, 0.25) is 0 Å². The third-order valence-electron chi connectivity index (χ3n) is 6.56. The molecular weight excluding hydrogens is 405 g/mol. The SMILES string of the molecule is CCCN(C)C(=O)c1ccc(NC(c2oc3ccc(F)cc3c2C)C2CCCCC2)nc1. The molecule has 5 nitrogen and oxygen atoms in total. The van der Waals surface area contributed by atoms with E-state index in [9.17, 15) is 9.18 Å². The zero-order valence-corrected chi connectivity index (χ0v) is 19.2. The highest BCUT2D eigenvalue weighted by Gasteiger charge is 2.30. The van der Waals surface area contributed by atoms with Crippen molar-refractivity contribution in [2.45, 2.75) is 58.4 Å². The number of furan rings is 1. The molecule has 3 aromatic rings. The molecule has 0 radical (unpaired) electrons. The number of amides is 1. The third kappa shape index (κ3) is 4.64. The van der Waals surface area contributed by atoms with E-state index in [0.29, 0.717) is 29.4 Å². The maximum atomic E-state index is 13.8. The summed E-state index contributed by atoms with van der Waals surface area (Å²) >= 11 is 0. The number of aryl methyl sites for hydroxylation is 1. The lowest BCUT2D eigenvalue weighted by atomic mass is 9.82. The molecule has 0 bridgehead atoms. The Morgan fingerprint density at radius 2 is 2.03 bits per heavy atom. The summed E-state index contributed by atoms with van der Waals surface area (Å²) < 4.78 is 20.1. The second-order valence-corrected chi connectivity index (χ2v) is 8.91. The molecule has 1 amide bonds. The number of hydrogen-bond acceptors (Lipinski definition) is 4. The van der Waals surface area contributed by atoms with Gasteiger partial charge in [-0.05, 0) is 62.4 Å². The van der Waals surface area contributed by atoms with Gasteiger partial charge in [-0.25, -0.2) is 9.37 Å².